The molecular weight excluding hydrogens is 148 g/mol. The fourth-order valence-electron chi connectivity index (χ4n) is 0.534. The second-order valence-corrected chi connectivity index (χ2v) is 2.88. The minimum absolute atomic E-state index is 0.190. The van der Waals surface area contributed by atoms with Crippen LogP contribution >= 0.6 is 11.3 Å². The molecule has 0 aliphatic rings. The van der Waals surface area contributed by atoms with E-state index >= 15 is 0 Å². The number of hydrogen-bond donors (Lipinski definition) is 1. The van der Waals surface area contributed by atoms with Crippen LogP contribution in [0.1, 0.15) is 13.8 Å². The molecule has 0 rings (SSSR count). The molecule has 5 heteroatoms. The Morgan fingerprint density at radius 2 is 1.67 bits per heavy atom. The van der Waals surface area contributed by atoms with Crippen molar-refractivity contribution in [3.63, 3.8) is 0 Å². The molecule has 58 valence electrons. The minimum Gasteiger partial charge on any atom is -0.289 e. The molecule has 0 aliphatic heterocycles. The summed E-state index contributed by atoms with van der Waals surface area (Å²) < 4.78 is 32.8. The highest BCUT2D eigenvalue weighted by atomic mass is 32.3. The van der Waals surface area contributed by atoms with Gasteiger partial charge in [0, 0.05) is 13.1 Å². The number of halogens is 2. The highest BCUT2D eigenvalue weighted by molar-refractivity contribution is 8.18. The Labute approximate surface area is 55.7 Å². The van der Waals surface area contributed by atoms with Gasteiger partial charge in [0.1, 0.15) is 0 Å². The highest BCUT2D eigenvalue weighted by Crippen LogP contribution is 2.49. The molecule has 0 amide bonds. The van der Waals surface area contributed by atoms with Crippen LogP contribution in [0.4, 0.5) is 7.77 Å². The van der Waals surface area contributed by atoms with E-state index in [2.05, 4.69) is 0 Å². The maximum Gasteiger partial charge on any atom is 0.238 e. The molecule has 0 aromatic carbocycles. The molecule has 0 aromatic rings. The lowest BCUT2D eigenvalue weighted by Crippen LogP contribution is -2.21. The van der Waals surface area contributed by atoms with Gasteiger partial charge in [-0.05, 0) is 0 Å². The second-order valence-electron chi connectivity index (χ2n) is 1.53. The summed E-state index contributed by atoms with van der Waals surface area (Å²) in [7, 11) is 0. The van der Waals surface area contributed by atoms with Crippen LogP contribution < -0.4 is 0 Å². The zero-order valence-electron chi connectivity index (χ0n) is 5.47. The first-order chi connectivity index (χ1) is 4.02. The molecule has 0 atom stereocenters. The van der Waals surface area contributed by atoms with Crippen LogP contribution in [0.25, 0.3) is 0 Å². The van der Waals surface area contributed by atoms with E-state index in [0.29, 0.717) is 0 Å². The molecule has 0 heterocycles. The van der Waals surface area contributed by atoms with E-state index < -0.39 is 11.3 Å². The average molecular weight is 159 g/mol. The van der Waals surface area contributed by atoms with E-state index in [1.807, 2.05) is 0 Å². The summed E-state index contributed by atoms with van der Waals surface area (Å²) in [6.45, 7) is 3.55. The van der Waals surface area contributed by atoms with E-state index in [-0.39, 0.29) is 13.1 Å². The Balaban J connectivity index is 3.79. The Kier molecular flexibility index (Phi) is 3.38. The Morgan fingerprint density at radius 3 is 1.67 bits per heavy atom. The molecule has 0 bridgehead atoms. The van der Waals surface area contributed by atoms with Gasteiger partial charge in [0.05, 0.1) is 0 Å². The summed E-state index contributed by atoms with van der Waals surface area (Å²) in [5, 5.41) is 0. The molecular formula is C4H11F2NOS. The molecule has 0 saturated carbocycles. The third kappa shape index (κ3) is 2.98. The molecule has 0 spiro atoms. The van der Waals surface area contributed by atoms with Gasteiger partial charge in [0.25, 0.3) is 0 Å². The lowest BCUT2D eigenvalue weighted by atomic mass is 10.7. The van der Waals surface area contributed by atoms with Gasteiger partial charge in [-0.3, -0.25) is 4.55 Å². The van der Waals surface area contributed by atoms with Gasteiger partial charge in [0.15, 0.2) is 0 Å². The van der Waals surface area contributed by atoms with Crippen molar-refractivity contribution in [2.24, 2.45) is 0 Å². The third-order valence-corrected chi connectivity index (χ3v) is 2.15. The number of nitrogens with zero attached hydrogens (tertiary/aromatic N) is 1. The lowest BCUT2D eigenvalue weighted by molar-refractivity contribution is 0.369. The van der Waals surface area contributed by atoms with Gasteiger partial charge in [-0.1, -0.05) is 13.8 Å². The van der Waals surface area contributed by atoms with Crippen LogP contribution in [0.2, 0.25) is 0 Å². The molecule has 0 saturated heterocycles. The van der Waals surface area contributed by atoms with E-state index in [4.69, 9.17) is 4.55 Å². The Hall–Kier alpha value is 0.130. The maximum absolute atomic E-state index is 12.0. The Morgan fingerprint density at radius 1 is 1.33 bits per heavy atom. The average Bonchev–Trinajstić information content (AvgIpc) is 1.65. The van der Waals surface area contributed by atoms with Crippen molar-refractivity contribution in [2.75, 3.05) is 13.1 Å². The van der Waals surface area contributed by atoms with Gasteiger partial charge in [-0.25, -0.2) is 0 Å². The van der Waals surface area contributed by atoms with Crippen LogP contribution in [0.3, 0.4) is 0 Å². The van der Waals surface area contributed by atoms with Crippen molar-refractivity contribution < 1.29 is 12.3 Å². The van der Waals surface area contributed by atoms with Gasteiger partial charge in [0.2, 0.25) is 11.3 Å². The first-order valence-corrected chi connectivity index (χ1v) is 4.07. The molecule has 0 fully saturated rings. The minimum atomic E-state index is -4.43. The summed E-state index contributed by atoms with van der Waals surface area (Å²) in [5.41, 5.74) is 0. The number of rotatable bonds is 3. The quantitative estimate of drug-likeness (QED) is 0.683. The van der Waals surface area contributed by atoms with Crippen LogP contribution in [-0.4, -0.2) is 21.9 Å². The van der Waals surface area contributed by atoms with E-state index in [1.54, 1.807) is 13.8 Å². The standard InChI is InChI=1S/C4H11F2NOS/c1-3-7(4-2)9(5,6)8/h8H,3-4H2,1-2H3. The normalized spacial score (nSPS) is 14.4. The maximum atomic E-state index is 12.0. The smallest absolute Gasteiger partial charge is 0.238 e. The summed E-state index contributed by atoms with van der Waals surface area (Å²) >= 11 is -4.43. The SMILES string of the molecule is CCN(CC)S(O)(F)F. The third-order valence-electron chi connectivity index (χ3n) is 1.02. The summed E-state index contributed by atoms with van der Waals surface area (Å²) in [6, 6.07) is 0. The van der Waals surface area contributed by atoms with Gasteiger partial charge >= 0.3 is 0 Å². The summed E-state index contributed by atoms with van der Waals surface area (Å²) in [6.07, 6.45) is 0. The van der Waals surface area contributed by atoms with Gasteiger partial charge < -0.3 is 0 Å². The van der Waals surface area contributed by atoms with Crippen molar-refractivity contribution in [2.45, 2.75) is 13.8 Å². The fourth-order valence-corrected chi connectivity index (χ4v) is 1.16. The zero-order chi connectivity index (χ0) is 7.49. The van der Waals surface area contributed by atoms with Crippen molar-refractivity contribution in [1.29, 1.82) is 0 Å². The lowest BCUT2D eigenvalue weighted by Gasteiger charge is -2.25. The molecule has 2 nitrogen and oxygen atoms in total. The largest absolute Gasteiger partial charge is 0.289 e. The molecule has 1 N–H and O–H groups in total. The van der Waals surface area contributed by atoms with E-state index in [9.17, 15) is 7.77 Å². The van der Waals surface area contributed by atoms with Crippen molar-refractivity contribution in [3.05, 3.63) is 0 Å². The zero-order valence-corrected chi connectivity index (χ0v) is 6.29. The highest BCUT2D eigenvalue weighted by Gasteiger charge is 2.24. The number of hydrogen-bond acceptors (Lipinski definition) is 2. The van der Waals surface area contributed by atoms with Crippen molar-refractivity contribution in [1.82, 2.24) is 4.31 Å². The van der Waals surface area contributed by atoms with Crippen LogP contribution in [0.5, 0.6) is 0 Å². The van der Waals surface area contributed by atoms with Crippen molar-refractivity contribution in [3.8, 4) is 0 Å². The van der Waals surface area contributed by atoms with Gasteiger partial charge in [-0.15, -0.1) is 7.77 Å². The van der Waals surface area contributed by atoms with E-state index in [0.717, 1.165) is 4.31 Å². The predicted octanol–water partition coefficient (Wildman–Crippen LogP) is 2.29. The van der Waals surface area contributed by atoms with Crippen LogP contribution in [0, 0.1) is 0 Å². The predicted molar refractivity (Wildman–Crippen MR) is 35.4 cm³/mol. The topological polar surface area (TPSA) is 23.5 Å². The Bertz CT molecular complexity index is 81.1. The summed E-state index contributed by atoms with van der Waals surface area (Å²) in [4.78, 5) is 0. The second kappa shape index (κ2) is 3.34. The summed E-state index contributed by atoms with van der Waals surface area (Å²) in [5.74, 6) is 0. The molecule has 0 radical (unpaired) electrons. The fraction of sp³-hybridized carbons (Fsp3) is 1.00. The van der Waals surface area contributed by atoms with Crippen LogP contribution in [-0.2, 0) is 0 Å². The monoisotopic (exact) mass is 159 g/mol. The molecule has 0 unspecified atom stereocenters. The first kappa shape index (κ1) is 9.13. The molecule has 9 heavy (non-hydrogen) atoms. The first-order valence-electron chi connectivity index (χ1n) is 2.72. The van der Waals surface area contributed by atoms with Gasteiger partial charge in [-0.2, -0.15) is 4.31 Å². The molecule has 0 aliphatic carbocycles. The van der Waals surface area contributed by atoms with E-state index in [1.165, 1.54) is 0 Å². The van der Waals surface area contributed by atoms with Crippen LogP contribution in [0.15, 0.2) is 0 Å². The van der Waals surface area contributed by atoms with Crippen molar-refractivity contribution >= 4 is 11.3 Å². The molecule has 0 aromatic heterocycles.